The van der Waals surface area contributed by atoms with E-state index in [-0.39, 0.29) is 35.8 Å². The number of carbonyl (C=O) groups is 2. The summed E-state index contributed by atoms with van der Waals surface area (Å²) in [4.78, 5) is 46.2. The Bertz CT molecular complexity index is 1600. The second-order valence-corrected chi connectivity index (χ2v) is 10.5. The zero-order valence-corrected chi connectivity index (χ0v) is 23.0. The van der Waals surface area contributed by atoms with Crippen molar-refractivity contribution in [2.24, 2.45) is 5.92 Å². The number of hydrogen-bond donors (Lipinski definition) is 2. The first-order chi connectivity index (χ1) is 19.9. The van der Waals surface area contributed by atoms with Crippen LogP contribution in [0.4, 0.5) is 11.6 Å². The summed E-state index contributed by atoms with van der Waals surface area (Å²) in [6.07, 6.45) is 9.25. The maximum Gasteiger partial charge on any atom is 0.337 e. The molecule has 2 aromatic heterocycles. The van der Waals surface area contributed by atoms with Gasteiger partial charge in [-0.2, -0.15) is 0 Å². The van der Waals surface area contributed by atoms with E-state index in [0.29, 0.717) is 33.7 Å². The predicted molar refractivity (Wildman–Crippen MR) is 155 cm³/mol. The number of anilines is 2. The number of hydrogen-bond acceptors (Lipinski definition) is 7. The van der Waals surface area contributed by atoms with Crippen LogP contribution < -0.4 is 15.6 Å². The molecule has 0 atom stereocenters. The molecular formula is C31H29ClN4O5. The van der Waals surface area contributed by atoms with Crippen molar-refractivity contribution in [3.8, 4) is 11.5 Å². The number of carboxylic acid groups (broad SMARTS) is 1. The molecule has 0 bridgehead atoms. The molecule has 0 saturated heterocycles. The van der Waals surface area contributed by atoms with Gasteiger partial charge in [0.1, 0.15) is 17.3 Å². The highest BCUT2D eigenvalue weighted by Gasteiger charge is 2.23. The van der Waals surface area contributed by atoms with Crippen molar-refractivity contribution in [2.75, 3.05) is 5.32 Å². The minimum absolute atomic E-state index is 0.00813. The number of aromatic carboxylic acids is 1. The van der Waals surface area contributed by atoms with Gasteiger partial charge in [0.15, 0.2) is 0 Å². The number of benzene rings is 2. The lowest BCUT2D eigenvalue weighted by Gasteiger charge is -2.20. The van der Waals surface area contributed by atoms with Gasteiger partial charge in [0.25, 0.3) is 5.56 Å². The van der Waals surface area contributed by atoms with Crippen LogP contribution in [-0.2, 0) is 17.8 Å². The van der Waals surface area contributed by atoms with Crippen LogP contribution in [0.1, 0.15) is 53.6 Å². The third-order valence-corrected chi connectivity index (χ3v) is 7.36. The van der Waals surface area contributed by atoms with Crippen LogP contribution in [0, 0.1) is 5.92 Å². The molecule has 1 aliphatic rings. The fourth-order valence-electron chi connectivity index (χ4n) is 4.89. The highest BCUT2D eigenvalue weighted by molar-refractivity contribution is 6.30. The number of aromatic nitrogens is 3. The van der Waals surface area contributed by atoms with Gasteiger partial charge in [-0.25, -0.2) is 9.78 Å². The van der Waals surface area contributed by atoms with Crippen LogP contribution in [0.3, 0.4) is 0 Å². The minimum Gasteiger partial charge on any atom is -0.478 e. The van der Waals surface area contributed by atoms with Crippen LogP contribution in [0.15, 0.2) is 78.0 Å². The van der Waals surface area contributed by atoms with Crippen LogP contribution >= 0.6 is 11.6 Å². The summed E-state index contributed by atoms with van der Waals surface area (Å²) in [6, 6.07) is 15.5. The number of rotatable bonds is 10. The van der Waals surface area contributed by atoms with E-state index in [9.17, 15) is 14.4 Å². The van der Waals surface area contributed by atoms with E-state index >= 15 is 0 Å². The highest BCUT2D eigenvalue weighted by Crippen LogP contribution is 2.26. The van der Waals surface area contributed by atoms with Crippen LogP contribution in [0.5, 0.6) is 11.5 Å². The van der Waals surface area contributed by atoms with Gasteiger partial charge >= 0.3 is 5.97 Å². The average molecular weight is 573 g/mol. The van der Waals surface area contributed by atoms with Crippen molar-refractivity contribution in [3.63, 3.8) is 0 Å². The van der Waals surface area contributed by atoms with E-state index in [1.807, 2.05) is 12.1 Å². The van der Waals surface area contributed by atoms with Crippen LogP contribution in [0.25, 0.3) is 0 Å². The van der Waals surface area contributed by atoms with Gasteiger partial charge in [-0.1, -0.05) is 43.0 Å². The summed E-state index contributed by atoms with van der Waals surface area (Å²) in [5.74, 6) is 0.107. The fourth-order valence-corrected chi connectivity index (χ4v) is 5.02. The molecule has 9 nitrogen and oxygen atoms in total. The Labute approximate surface area is 241 Å². The second kappa shape index (κ2) is 12.8. The lowest BCUT2D eigenvalue weighted by molar-refractivity contribution is -0.123. The summed E-state index contributed by atoms with van der Waals surface area (Å²) in [5, 5.41) is 13.0. The quantitative estimate of drug-likeness (QED) is 0.228. The number of nitrogens with one attached hydrogen (secondary N) is 1. The van der Waals surface area contributed by atoms with Gasteiger partial charge in [0.05, 0.1) is 18.3 Å². The van der Waals surface area contributed by atoms with E-state index in [1.165, 1.54) is 29.2 Å². The molecule has 2 heterocycles. The Kier molecular flexibility index (Phi) is 8.74. The lowest BCUT2D eigenvalue weighted by Crippen LogP contribution is -2.30. The van der Waals surface area contributed by atoms with Crippen LogP contribution in [-0.4, -0.2) is 31.4 Å². The van der Waals surface area contributed by atoms with Crippen molar-refractivity contribution >= 4 is 35.0 Å². The van der Waals surface area contributed by atoms with E-state index in [1.54, 1.807) is 36.4 Å². The molecule has 10 heteroatoms. The largest absolute Gasteiger partial charge is 0.478 e. The lowest BCUT2D eigenvalue weighted by atomic mass is 9.84. The third kappa shape index (κ3) is 7.18. The normalized spacial score (nSPS) is 13.5. The van der Waals surface area contributed by atoms with Crippen molar-refractivity contribution in [2.45, 2.75) is 45.1 Å². The Balaban J connectivity index is 1.37. The molecule has 0 radical (unpaired) electrons. The molecule has 2 N–H and O–H groups in total. The summed E-state index contributed by atoms with van der Waals surface area (Å²) in [5.41, 5.74) is 1.64. The second-order valence-electron chi connectivity index (χ2n) is 10.1. The van der Waals surface area contributed by atoms with Crippen molar-refractivity contribution < 1.29 is 19.4 Å². The Morgan fingerprint density at radius 2 is 1.71 bits per heavy atom. The van der Waals surface area contributed by atoms with Gasteiger partial charge in [-0.15, -0.1) is 0 Å². The molecule has 0 amide bonds. The maximum atomic E-state index is 13.6. The summed E-state index contributed by atoms with van der Waals surface area (Å²) >= 11 is 6.06. The molecule has 0 unspecified atom stereocenters. The Morgan fingerprint density at radius 1 is 0.976 bits per heavy atom. The monoisotopic (exact) mass is 572 g/mol. The number of carboxylic acids is 1. The van der Waals surface area contributed by atoms with Crippen molar-refractivity contribution in [1.29, 1.82) is 0 Å². The molecule has 210 valence electrons. The predicted octanol–water partition coefficient (Wildman–Crippen LogP) is 6.27. The molecule has 4 aromatic rings. The SMILES string of the molecule is O=C(O)c1cncc(Oc2ccc(Nc3ncc(CC(=O)C4CCCCC4)c(=O)n3Cc3ccc(Cl)cc3)cc2)c1. The smallest absolute Gasteiger partial charge is 0.337 e. The molecule has 2 aromatic carbocycles. The maximum absolute atomic E-state index is 13.6. The summed E-state index contributed by atoms with van der Waals surface area (Å²) in [7, 11) is 0. The number of nitrogens with zero attached hydrogens (tertiary/aromatic N) is 3. The van der Waals surface area contributed by atoms with Crippen molar-refractivity contribution in [3.05, 3.63) is 105 Å². The number of Topliss-reactive ketones (excluding diaryl/α,β-unsaturated/α-hetero) is 1. The highest BCUT2D eigenvalue weighted by atomic mass is 35.5. The standard InChI is InChI=1S/C31H29ClN4O5/c32-24-8-6-20(7-9-24)19-36-29(38)22(15-28(37)21-4-2-1-3-5-21)17-34-31(36)35-25-10-12-26(13-11-25)41-27-14-23(30(39)40)16-33-18-27/h6-14,16-18,21H,1-5,15,19H2,(H,34,35)(H,39,40). The van der Waals surface area contributed by atoms with Gasteiger partial charge in [-0.3, -0.25) is 19.1 Å². The number of halogens is 1. The topological polar surface area (TPSA) is 123 Å². The molecule has 41 heavy (non-hydrogen) atoms. The molecule has 0 spiro atoms. The third-order valence-electron chi connectivity index (χ3n) is 7.10. The molecule has 1 aliphatic carbocycles. The van der Waals surface area contributed by atoms with Gasteiger partial charge < -0.3 is 15.2 Å². The molecule has 5 rings (SSSR count). The fraction of sp³-hybridized carbons (Fsp3) is 0.258. The van der Waals surface area contributed by atoms with Gasteiger partial charge in [-0.05, 0) is 60.9 Å². The molecule has 0 aliphatic heterocycles. The van der Waals surface area contributed by atoms with Crippen LogP contribution in [0.2, 0.25) is 5.02 Å². The average Bonchev–Trinajstić information content (AvgIpc) is 2.99. The number of ether oxygens (including phenoxy) is 1. The molecule has 1 saturated carbocycles. The molecule has 1 fully saturated rings. The van der Waals surface area contributed by atoms with Gasteiger partial charge in [0.2, 0.25) is 5.95 Å². The summed E-state index contributed by atoms with van der Waals surface area (Å²) in [6.45, 7) is 0.241. The first-order valence-corrected chi connectivity index (χ1v) is 13.8. The van der Waals surface area contributed by atoms with E-state index in [4.69, 9.17) is 21.4 Å². The summed E-state index contributed by atoms with van der Waals surface area (Å²) < 4.78 is 7.27. The first kappa shape index (κ1) is 28.0. The van der Waals surface area contributed by atoms with E-state index in [0.717, 1.165) is 37.7 Å². The zero-order chi connectivity index (χ0) is 28.8. The van der Waals surface area contributed by atoms with Crippen molar-refractivity contribution in [1.82, 2.24) is 14.5 Å². The Hall–Kier alpha value is -4.50. The van der Waals surface area contributed by atoms with E-state index < -0.39 is 5.97 Å². The minimum atomic E-state index is -1.09. The zero-order valence-electron chi connectivity index (χ0n) is 22.3. The molecular weight excluding hydrogens is 544 g/mol. The van der Waals surface area contributed by atoms with E-state index in [2.05, 4.69) is 15.3 Å². The van der Waals surface area contributed by atoms with Gasteiger partial charge in [0, 0.05) is 41.0 Å². The Morgan fingerprint density at radius 3 is 2.41 bits per heavy atom. The first-order valence-electron chi connectivity index (χ1n) is 13.4. The number of ketones is 1. The number of pyridine rings is 1. The number of carbonyl (C=O) groups excluding carboxylic acids is 1.